The molecule has 0 atom stereocenters. The summed E-state index contributed by atoms with van der Waals surface area (Å²) in [7, 11) is 1.32. The molecule has 21 heavy (non-hydrogen) atoms. The van der Waals surface area contributed by atoms with Gasteiger partial charge in [0.05, 0.1) is 12.6 Å². The van der Waals surface area contributed by atoms with Crippen LogP contribution in [0.5, 0.6) is 5.75 Å². The maximum absolute atomic E-state index is 11.9. The second kappa shape index (κ2) is 5.10. The fourth-order valence-electron chi connectivity index (χ4n) is 2.17. The molecule has 1 aromatic carbocycles. The molecule has 0 aliphatic heterocycles. The van der Waals surface area contributed by atoms with Crippen LogP contribution in [-0.2, 0) is 4.74 Å². The van der Waals surface area contributed by atoms with Gasteiger partial charge in [-0.15, -0.1) is 0 Å². The molecule has 0 fully saturated rings. The Balaban J connectivity index is 2.32. The van der Waals surface area contributed by atoms with E-state index in [0.29, 0.717) is 22.2 Å². The molecule has 0 unspecified atom stereocenters. The summed E-state index contributed by atoms with van der Waals surface area (Å²) in [6.45, 7) is 0. The van der Waals surface area contributed by atoms with Gasteiger partial charge in [-0.05, 0) is 36.4 Å². The summed E-state index contributed by atoms with van der Waals surface area (Å²) < 4.78 is 6.43. The number of aromatic nitrogens is 2. The molecule has 0 spiro atoms. The second-order valence-corrected chi connectivity index (χ2v) is 4.75. The van der Waals surface area contributed by atoms with E-state index < -0.39 is 5.97 Å². The molecule has 3 rings (SSSR count). The molecule has 0 radical (unpaired) electrons. The van der Waals surface area contributed by atoms with Gasteiger partial charge in [-0.25, -0.2) is 9.78 Å². The average molecular weight is 303 g/mol. The lowest BCUT2D eigenvalue weighted by molar-refractivity contribution is 0.0592. The molecular weight excluding hydrogens is 292 g/mol. The van der Waals surface area contributed by atoms with Gasteiger partial charge in [0.1, 0.15) is 17.3 Å². The number of phenolic OH excluding ortho intramolecular Hbond substituents is 1. The zero-order valence-electron chi connectivity index (χ0n) is 11.1. The van der Waals surface area contributed by atoms with Crippen LogP contribution in [0.25, 0.3) is 16.9 Å². The molecule has 2 aromatic heterocycles. The number of imidazole rings is 1. The first-order chi connectivity index (χ1) is 10.1. The molecule has 0 bridgehead atoms. The molecule has 0 aliphatic rings. The first kappa shape index (κ1) is 13.5. The van der Waals surface area contributed by atoms with E-state index >= 15 is 0 Å². The topological polar surface area (TPSA) is 63.8 Å². The average Bonchev–Trinajstić information content (AvgIpc) is 2.85. The van der Waals surface area contributed by atoms with Crippen LogP contribution in [0.15, 0.2) is 42.5 Å². The maximum atomic E-state index is 11.9. The lowest BCUT2D eigenvalue weighted by Crippen LogP contribution is -2.08. The number of carbonyl (C=O) groups excluding carboxylic acids is 1. The van der Waals surface area contributed by atoms with Crippen molar-refractivity contribution in [2.24, 2.45) is 0 Å². The summed E-state index contributed by atoms with van der Waals surface area (Å²) in [5, 5.41) is 9.67. The predicted molar refractivity (Wildman–Crippen MR) is 78.6 cm³/mol. The van der Waals surface area contributed by atoms with Crippen molar-refractivity contribution in [1.82, 2.24) is 9.38 Å². The van der Waals surface area contributed by atoms with Gasteiger partial charge in [-0.1, -0.05) is 17.7 Å². The summed E-state index contributed by atoms with van der Waals surface area (Å²) in [6.07, 6.45) is 0. The smallest absolute Gasteiger partial charge is 0.355 e. The van der Waals surface area contributed by atoms with Crippen LogP contribution < -0.4 is 0 Å². The number of rotatable bonds is 2. The Kier molecular flexibility index (Phi) is 3.27. The number of hydrogen-bond donors (Lipinski definition) is 1. The number of halogens is 1. The molecular formula is C15H11ClN2O3. The number of carbonyl (C=O) groups is 1. The first-order valence-electron chi connectivity index (χ1n) is 6.16. The SMILES string of the molecule is COC(=O)c1cccc2c(Cl)nc(-c3ccc(O)cc3)n12. The van der Waals surface area contributed by atoms with Gasteiger partial charge in [-0.2, -0.15) is 0 Å². The van der Waals surface area contributed by atoms with E-state index in [2.05, 4.69) is 4.98 Å². The van der Waals surface area contributed by atoms with Crippen LogP contribution in [0.4, 0.5) is 0 Å². The molecule has 0 amide bonds. The van der Waals surface area contributed by atoms with Gasteiger partial charge in [0.15, 0.2) is 5.15 Å². The van der Waals surface area contributed by atoms with Crippen molar-refractivity contribution in [3.63, 3.8) is 0 Å². The molecule has 5 nitrogen and oxygen atoms in total. The Morgan fingerprint density at radius 3 is 2.62 bits per heavy atom. The number of fused-ring (bicyclic) bond motifs is 1. The number of aromatic hydroxyl groups is 1. The summed E-state index contributed by atoms with van der Waals surface area (Å²) >= 11 is 6.15. The van der Waals surface area contributed by atoms with Gasteiger partial charge >= 0.3 is 5.97 Å². The molecule has 6 heteroatoms. The predicted octanol–water partition coefficient (Wildman–Crippen LogP) is 3.15. The highest BCUT2D eigenvalue weighted by molar-refractivity contribution is 6.33. The summed E-state index contributed by atoms with van der Waals surface area (Å²) in [6, 6.07) is 11.6. The quantitative estimate of drug-likeness (QED) is 0.739. The lowest BCUT2D eigenvalue weighted by Gasteiger charge is -2.07. The summed E-state index contributed by atoms with van der Waals surface area (Å²) in [5.74, 6) is 0.185. The van der Waals surface area contributed by atoms with E-state index in [1.54, 1.807) is 46.9 Å². The van der Waals surface area contributed by atoms with Gasteiger partial charge in [-0.3, -0.25) is 4.40 Å². The highest BCUT2D eigenvalue weighted by Gasteiger charge is 2.18. The van der Waals surface area contributed by atoms with Crippen LogP contribution in [0.1, 0.15) is 10.5 Å². The third-order valence-electron chi connectivity index (χ3n) is 3.14. The fourth-order valence-corrected chi connectivity index (χ4v) is 2.39. The van der Waals surface area contributed by atoms with E-state index in [9.17, 15) is 9.90 Å². The highest BCUT2D eigenvalue weighted by Crippen LogP contribution is 2.28. The standard InChI is InChI=1S/C15H11ClN2O3/c1-21-15(20)12-4-2-3-11-13(16)17-14(18(11)12)9-5-7-10(19)8-6-9/h2-8,19H,1H3. The second-order valence-electron chi connectivity index (χ2n) is 4.40. The monoisotopic (exact) mass is 302 g/mol. The molecule has 3 aromatic rings. The van der Waals surface area contributed by atoms with E-state index in [0.717, 1.165) is 5.56 Å². The van der Waals surface area contributed by atoms with Crippen molar-refractivity contribution in [2.75, 3.05) is 7.11 Å². The van der Waals surface area contributed by atoms with Crippen molar-refractivity contribution < 1.29 is 14.6 Å². The van der Waals surface area contributed by atoms with E-state index in [-0.39, 0.29) is 5.75 Å². The zero-order chi connectivity index (χ0) is 15.0. The number of pyridine rings is 1. The largest absolute Gasteiger partial charge is 0.508 e. The van der Waals surface area contributed by atoms with Crippen molar-refractivity contribution in [3.8, 4) is 17.1 Å². The van der Waals surface area contributed by atoms with Crippen molar-refractivity contribution in [2.45, 2.75) is 0 Å². The number of nitrogens with zero attached hydrogens (tertiary/aromatic N) is 2. The third kappa shape index (κ3) is 2.21. The molecule has 1 N–H and O–H groups in total. The molecule has 0 saturated heterocycles. The van der Waals surface area contributed by atoms with Gasteiger partial charge in [0.25, 0.3) is 0 Å². The number of phenols is 1. The normalized spacial score (nSPS) is 10.8. The third-order valence-corrected chi connectivity index (χ3v) is 3.42. The number of ether oxygens (including phenoxy) is 1. The molecule has 106 valence electrons. The van der Waals surface area contributed by atoms with Crippen molar-refractivity contribution in [3.05, 3.63) is 53.3 Å². The van der Waals surface area contributed by atoms with Crippen LogP contribution in [0, 0.1) is 0 Å². The van der Waals surface area contributed by atoms with Crippen molar-refractivity contribution in [1.29, 1.82) is 0 Å². The highest BCUT2D eigenvalue weighted by atomic mass is 35.5. The Morgan fingerprint density at radius 1 is 1.24 bits per heavy atom. The summed E-state index contributed by atoms with van der Waals surface area (Å²) in [5.41, 5.74) is 1.67. The fraction of sp³-hybridized carbons (Fsp3) is 0.0667. The molecule has 2 heterocycles. The number of hydrogen-bond acceptors (Lipinski definition) is 4. The minimum Gasteiger partial charge on any atom is -0.508 e. The van der Waals surface area contributed by atoms with Crippen LogP contribution in [-0.4, -0.2) is 27.6 Å². The van der Waals surface area contributed by atoms with E-state index in [1.165, 1.54) is 7.11 Å². The van der Waals surface area contributed by atoms with Crippen LogP contribution in [0.2, 0.25) is 5.15 Å². The summed E-state index contributed by atoms with van der Waals surface area (Å²) in [4.78, 5) is 16.2. The molecule has 0 saturated carbocycles. The lowest BCUT2D eigenvalue weighted by atomic mass is 10.2. The van der Waals surface area contributed by atoms with E-state index in [4.69, 9.17) is 16.3 Å². The number of methoxy groups -OCH3 is 1. The Labute approximate surface area is 125 Å². The minimum atomic E-state index is -0.477. The zero-order valence-corrected chi connectivity index (χ0v) is 11.8. The maximum Gasteiger partial charge on any atom is 0.355 e. The Bertz CT molecular complexity index is 825. The van der Waals surface area contributed by atoms with Crippen molar-refractivity contribution >= 4 is 23.1 Å². The van der Waals surface area contributed by atoms with E-state index in [1.807, 2.05) is 0 Å². The van der Waals surface area contributed by atoms with Crippen LogP contribution in [0.3, 0.4) is 0 Å². The minimum absolute atomic E-state index is 0.152. The number of benzene rings is 1. The van der Waals surface area contributed by atoms with Crippen LogP contribution >= 0.6 is 11.6 Å². The first-order valence-corrected chi connectivity index (χ1v) is 6.54. The molecule has 0 aliphatic carbocycles. The Morgan fingerprint density at radius 2 is 1.95 bits per heavy atom. The van der Waals surface area contributed by atoms with Gasteiger partial charge in [0.2, 0.25) is 0 Å². The van der Waals surface area contributed by atoms with Gasteiger partial charge in [0, 0.05) is 5.56 Å². The Hall–Kier alpha value is -2.53. The van der Waals surface area contributed by atoms with Gasteiger partial charge < -0.3 is 9.84 Å². The number of esters is 1.